The molecule has 18 heavy (non-hydrogen) atoms. The van der Waals surface area contributed by atoms with E-state index in [9.17, 15) is 12.8 Å². The van der Waals surface area contributed by atoms with Crippen molar-refractivity contribution >= 4 is 9.84 Å². The number of halogens is 1. The molecule has 1 aromatic carbocycles. The zero-order chi connectivity index (χ0) is 13.8. The van der Waals surface area contributed by atoms with Gasteiger partial charge >= 0.3 is 0 Å². The Labute approximate surface area is 107 Å². The highest BCUT2D eigenvalue weighted by Gasteiger charge is 2.12. The molecular weight excluding hydrogens is 257 g/mol. The van der Waals surface area contributed by atoms with Crippen LogP contribution in [0.1, 0.15) is 20.3 Å². The summed E-state index contributed by atoms with van der Waals surface area (Å²) in [7, 11) is -3.44. The Hall–Kier alpha value is -1.14. The second kappa shape index (κ2) is 6.15. The molecule has 0 saturated heterocycles. The van der Waals surface area contributed by atoms with Crippen LogP contribution >= 0.6 is 0 Å². The van der Waals surface area contributed by atoms with Crippen LogP contribution in [0.15, 0.2) is 23.1 Å². The largest absolute Gasteiger partial charge is 0.406 e. The van der Waals surface area contributed by atoms with E-state index in [0.29, 0.717) is 13.1 Å². The summed E-state index contributed by atoms with van der Waals surface area (Å²) in [6.45, 7) is 5.24. The van der Waals surface area contributed by atoms with Crippen LogP contribution in [0, 0.1) is 5.82 Å². The van der Waals surface area contributed by atoms with Gasteiger partial charge in [-0.25, -0.2) is 12.8 Å². The maximum Gasteiger partial charge on any atom is 0.175 e. The van der Waals surface area contributed by atoms with E-state index in [-0.39, 0.29) is 10.6 Å². The average molecular weight is 275 g/mol. The molecule has 0 aliphatic heterocycles. The van der Waals surface area contributed by atoms with Gasteiger partial charge in [0.15, 0.2) is 15.6 Å². The zero-order valence-corrected chi connectivity index (χ0v) is 11.6. The number of hydroxylamine groups is 2. The molecule has 6 heteroatoms. The van der Waals surface area contributed by atoms with Crippen molar-refractivity contribution in [3.63, 3.8) is 0 Å². The first-order valence-electron chi connectivity index (χ1n) is 5.80. The van der Waals surface area contributed by atoms with Gasteiger partial charge in [0.25, 0.3) is 0 Å². The maximum absolute atomic E-state index is 13.3. The molecule has 1 rings (SSSR count). The Morgan fingerprint density at radius 1 is 1.28 bits per heavy atom. The van der Waals surface area contributed by atoms with Crippen molar-refractivity contribution < 1.29 is 17.6 Å². The molecule has 0 heterocycles. The van der Waals surface area contributed by atoms with Crippen LogP contribution in [-0.2, 0) is 9.84 Å². The van der Waals surface area contributed by atoms with Crippen molar-refractivity contribution in [3.05, 3.63) is 24.0 Å². The molecule has 0 aromatic heterocycles. The first-order chi connectivity index (χ1) is 8.36. The molecule has 4 nitrogen and oxygen atoms in total. The molecule has 102 valence electrons. The summed E-state index contributed by atoms with van der Waals surface area (Å²) in [5.74, 6) is -0.425. The number of sulfone groups is 1. The Kier molecular flexibility index (Phi) is 5.10. The van der Waals surface area contributed by atoms with Crippen molar-refractivity contribution in [3.8, 4) is 5.75 Å². The number of hydrogen-bond donors (Lipinski definition) is 0. The van der Waals surface area contributed by atoms with Crippen LogP contribution in [0.2, 0.25) is 0 Å². The third-order valence-corrected chi connectivity index (χ3v) is 3.43. The summed E-state index contributed by atoms with van der Waals surface area (Å²) in [5, 5.41) is 1.65. The van der Waals surface area contributed by atoms with E-state index in [1.807, 2.05) is 13.8 Å². The Bertz CT molecular complexity index is 502. The summed E-state index contributed by atoms with van der Waals surface area (Å²) in [6.07, 6.45) is 1.93. The third-order valence-electron chi connectivity index (χ3n) is 2.33. The summed E-state index contributed by atoms with van der Waals surface area (Å²) in [6, 6.07) is 3.49. The lowest BCUT2D eigenvalue weighted by molar-refractivity contribution is -0.0538. The second-order valence-corrected chi connectivity index (χ2v) is 6.02. The van der Waals surface area contributed by atoms with Crippen LogP contribution in [0.5, 0.6) is 5.75 Å². The van der Waals surface area contributed by atoms with E-state index in [1.165, 1.54) is 12.1 Å². The van der Waals surface area contributed by atoms with E-state index < -0.39 is 15.7 Å². The van der Waals surface area contributed by atoms with Gasteiger partial charge in [0.2, 0.25) is 0 Å². The minimum Gasteiger partial charge on any atom is -0.406 e. The van der Waals surface area contributed by atoms with Crippen molar-refractivity contribution in [2.45, 2.75) is 25.2 Å². The number of rotatable bonds is 6. The Balaban J connectivity index is 2.99. The standard InChI is InChI=1S/C12H18FNO3S/c1-4-6-14(5-2)17-11-7-10(13)8-12(9-11)18(3,15)16/h7-9H,4-6H2,1-3H3. The number of nitrogens with zero attached hydrogens (tertiary/aromatic N) is 1. The fourth-order valence-electron chi connectivity index (χ4n) is 1.47. The second-order valence-electron chi connectivity index (χ2n) is 4.01. The lowest BCUT2D eigenvalue weighted by atomic mass is 10.3. The molecule has 0 radical (unpaired) electrons. The highest BCUT2D eigenvalue weighted by molar-refractivity contribution is 7.90. The zero-order valence-electron chi connectivity index (χ0n) is 10.8. The molecule has 0 aliphatic rings. The van der Waals surface area contributed by atoms with Gasteiger partial charge in [-0.05, 0) is 19.4 Å². The van der Waals surface area contributed by atoms with Crippen LogP contribution in [-0.4, -0.2) is 32.8 Å². The third kappa shape index (κ3) is 4.27. The molecular formula is C12H18FNO3S. The quantitative estimate of drug-likeness (QED) is 0.747. The molecule has 0 aliphatic carbocycles. The van der Waals surface area contributed by atoms with E-state index >= 15 is 0 Å². The van der Waals surface area contributed by atoms with Gasteiger partial charge in [-0.3, -0.25) is 0 Å². The number of hydrogen-bond acceptors (Lipinski definition) is 4. The molecule has 1 aromatic rings. The first kappa shape index (κ1) is 14.9. The molecule has 0 saturated carbocycles. The smallest absolute Gasteiger partial charge is 0.175 e. The van der Waals surface area contributed by atoms with Crippen molar-refractivity contribution in [1.29, 1.82) is 0 Å². The van der Waals surface area contributed by atoms with Gasteiger partial charge in [-0.2, -0.15) is 0 Å². The Morgan fingerprint density at radius 3 is 2.44 bits per heavy atom. The maximum atomic E-state index is 13.3. The summed E-state index contributed by atoms with van der Waals surface area (Å²) in [5.41, 5.74) is 0. The van der Waals surface area contributed by atoms with Crippen LogP contribution < -0.4 is 4.84 Å². The van der Waals surface area contributed by atoms with Gasteiger partial charge in [0.1, 0.15) is 5.82 Å². The predicted octanol–water partition coefficient (Wildman–Crippen LogP) is 2.25. The van der Waals surface area contributed by atoms with Gasteiger partial charge < -0.3 is 4.84 Å². The van der Waals surface area contributed by atoms with Crippen molar-refractivity contribution in [2.24, 2.45) is 0 Å². The highest BCUT2D eigenvalue weighted by atomic mass is 32.2. The molecule has 0 N–H and O–H groups in total. The summed E-state index contributed by atoms with van der Waals surface area (Å²) < 4.78 is 36.1. The minimum atomic E-state index is -3.44. The van der Waals surface area contributed by atoms with E-state index in [2.05, 4.69) is 0 Å². The van der Waals surface area contributed by atoms with Crippen LogP contribution in [0.4, 0.5) is 4.39 Å². The van der Waals surface area contributed by atoms with Crippen LogP contribution in [0.3, 0.4) is 0 Å². The molecule has 0 atom stereocenters. The van der Waals surface area contributed by atoms with E-state index in [4.69, 9.17) is 4.84 Å². The SMILES string of the molecule is CCCN(CC)Oc1cc(F)cc(S(C)(=O)=O)c1. The lowest BCUT2D eigenvalue weighted by Crippen LogP contribution is -2.28. The predicted molar refractivity (Wildman–Crippen MR) is 67.7 cm³/mol. The fraction of sp³-hybridized carbons (Fsp3) is 0.500. The highest BCUT2D eigenvalue weighted by Crippen LogP contribution is 2.21. The monoisotopic (exact) mass is 275 g/mol. The van der Waals surface area contributed by atoms with Crippen LogP contribution in [0.25, 0.3) is 0 Å². The minimum absolute atomic E-state index is 0.0787. The molecule has 0 fully saturated rings. The molecule has 0 spiro atoms. The molecule has 0 bridgehead atoms. The number of benzene rings is 1. The van der Waals surface area contributed by atoms with Gasteiger partial charge in [-0.15, -0.1) is 5.06 Å². The molecule has 0 amide bonds. The van der Waals surface area contributed by atoms with Crippen molar-refractivity contribution in [1.82, 2.24) is 5.06 Å². The van der Waals surface area contributed by atoms with Gasteiger partial charge in [-0.1, -0.05) is 6.92 Å². The van der Waals surface area contributed by atoms with Gasteiger partial charge in [0.05, 0.1) is 4.90 Å². The van der Waals surface area contributed by atoms with Gasteiger partial charge in [0, 0.05) is 31.5 Å². The fourth-order valence-corrected chi connectivity index (χ4v) is 2.13. The Morgan fingerprint density at radius 2 is 1.94 bits per heavy atom. The van der Waals surface area contributed by atoms with E-state index in [1.54, 1.807) is 5.06 Å². The normalized spacial score (nSPS) is 11.8. The van der Waals surface area contributed by atoms with E-state index in [0.717, 1.165) is 18.7 Å². The summed E-state index contributed by atoms with van der Waals surface area (Å²) in [4.78, 5) is 5.37. The topological polar surface area (TPSA) is 46.6 Å². The molecule has 0 unspecified atom stereocenters. The lowest BCUT2D eigenvalue weighted by Gasteiger charge is -2.20. The summed E-state index contributed by atoms with van der Waals surface area (Å²) >= 11 is 0. The first-order valence-corrected chi connectivity index (χ1v) is 7.69. The van der Waals surface area contributed by atoms with Crippen molar-refractivity contribution in [2.75, 3.05) is 19.3 Å². The average Bonchev–Trinajstić information content (AvgIpc) is 2.26.